The van der Waals surface area contributed by atoms with E-state index in [4.69, 9.17) is 11.6 Å². The molecule has 0 aliphatic heterocycles. The van der Waals surface area contributed by atoms with E-state index in [9.17, 15) is 9.59 Å². The van der Waals surface area contributed by atoms with E-state index >= 15 is 0 Å². The summed E-state index contributed by atoms with van der Waals surface area (Å²) in [6, 6.07) is 23.7. The molecule has 0 atom stereocenters. The number of benzene rings is 3. The van der Waals surface area contributed by atoms with E-state index in [1.807, 2.05) is 55.5 Å². The number of carbonyl (C=O) groups is 1. The van der Waals surface area contributed by atoms with Gasteiger partial charge in [0.2, 0.25) is 5.95 Å². The average Bonchev–Trinajstić information content (AvgIpc) is 3.34. The third-order valence-electron chi connectivity index (χ3n) is 5.56. The number of anilines is 1. The molecule has 0 spiro atoms. The van der Waals surface area contributed by atoms with E-state index in [-0.39, 0.29) is 11.5 Å². The Bertz CT molecular complexity index is 1580. The first-order chi connectivity index (χ1) is 17.0. The maximum atomic E-state index is 13.3. The topological polar surface area (TPSA) is 93.8 Å². The predicted octanol–water partition coefficient (Wildman–Crippen LogP) is 4.68. The number of fused-ring (bicyclic) bond motifs is 1. The van der Waals surface area contributed by atoms with Crippen LogP contribution in [0.25, 0.3) is 27.8 Å². The predicted molar refractivity (Wildman–Crippen MR) is 137 cm³/mol. The third-order valence-corrected chi connectivity index (χ3v) is 5.81. The van der Waals surface area contributed by atoms with E-state index in [1.165, 1.54) is 4.57 Å². The zero-order valence-corrected chi connectivity index (χ0v) is 19.5. The van der Waals surface area contributed by atoms with Crippen molar-refractivity contribution in [1.82, 2.24) is 24.8 Å². The lowest BCUT2D eigenvalue weighted by atomic mass is 10.1. The van der Waals surface area contributed by atoms with Crippen LogP contribution in [0.5, 0.6) is 0 Å². The fraction of sp³-hybridized carbons (Fsp3) is 0.0769. The molecule has 9 heteroatoms. The molecule has 0 aliphatic rings. The van der Waals surface area contributed by atoms with E-state index in [0.717, 1.165) is 11.3 Å². The molecule has 0 radical (unpaired) electrons. The summed E-state index contributed by atoms with van der Waals surface area (Å²) in [5.74, 6) is -0.185. The van der Waals surface area contributed by atoms with Crippen molar-refractivity contribution in [2.24, 2.45) is 0 Å². The van der Waals surface area contributed by atoms with Crippen molar-refractivity contribution in [3.05, 3.63) is 106 Å². The highest BCUT2D eigenvalue weighted by Crippen LogP contribution is 2.25. The van der Waals surface area contributed by atoms with Gasteiger partial charge in [-0.2, -0.15) is 5.10 Å². The normalized spacial score (nSPS) is 10.9. The summed E-state index contributed by atoms with van der Waals surface area (Å²) in [5.41, 5.74) is 8.24. The summed E-state index contributed by atoms with van der Waals surface area (Å²) in [6.07, 6.45) is 1.66. The monoisotopic (exact) mass is 484 g/mol. The molecule has 0 saturated heterocycles. The number of nitrogens with one attached hydrogen (secondary N) is 2. The minimum atomic E-state index is -0.429. The molecule has 5 rings (SSSR count). The number of hydrazine groups is 1. The number of nitrogens with zero attached hydrogens (tertiary/aromatic N) is 4. The van der Waals surface area contributed by atoms with Crippen LogP contribution < -0.4 is 16.4 Å². The average molecular weight is 485 g/mol. The van der Waals surface area contributed by atoms with Gasteiger partial charge < -0.3 is 0 Å². The molecule has 174 valence electrons. The van der Waals surface area contributed by atoms with Crippen LogP contribution in [0.2, 0.25) is 5.02 Å². The van der Waals surface area contributed by atoms with Gasteiger partial charge in [-0.05, 0) is 43.3 Å². The highest BCUT2D eigenvalue weighted by molar-refractivity contribution is 6.30. The number of rotatable bonds is 6. The Labute approximate surface area is 205 Å². The molecule has 2 heterocycles. The molecule has 0 unspecified atom stereocenters. The molecule has 0 fully saturated rings. The number of hydrogen-bond donors (Lipinski definition) is 2. The number of carbonyl (C=O) groups excluding carboxylic acids is 1. The van der Waals surface area contributed by atoms with Gasteiger partial charge in [0.15, 0.2) is 0 Å². The van der Waals surface area contributed by atoms with E-state index in [2.05, 4.69) is 20.9 Å². The van der Waals surface area contributed by atoms with Crippen molar-refractivity contribution >= 4 is 34.4 Å². The lowest BCUT2D eigenvalue weighted by molar-refractivity contribution is 0.0962. The first kappa shape index (κ1) is 22.4. The van der Waals surface area contributed by atoms with Gasteiger partial charge in [0.05, 0.1) is 22.2 Å². The standard InChI is InChI=1S/C26H21ClN6O2/c1-2-32-25(35)20-10-6-7-11-22(20)28-26(32)30-29-24(34)21-16-33(19-8-4-3-5-9-19)31-23(21)17-12-14-18(27)15-13-17/h3-16H,2H2,1H3,(H,28,30)(H,29,34). The Morgan fingerprint density at radius 2 is 1.69 bits per heavy atom. The molecule has 8 nitrogen and oxygen atoms in total. The van der Waals surface area contributed by atoms with E-state index in [1.54, 1.807) is 41.2 Å². The highest BCUT2D eigenvalue weighted by atomic mass is 35.5. The van der Waals surface area contributed by atoms with Crippen molar-refractivity contribution in [3.63, 3.8) is 0 Å². The van der Waals surface area contributed by atoms with E-state index < -0.39 is 5.91 Å². The fourth-order valence-corrected chi connectivity index (χ4v) is 3.94. The van der Waals surface area contributed by atoms with E-state index in [0.29, 0.717) is 33.7 Å². The Morgan fingerprint density at radius 3 is 2.43 bits per heavy atom. The Balaban J connectivity index is 1.50. The fourth-order valence-electron chi connectivity index (χ4n) is 3.81. The van der Waals surface area contributed by atoms with Gasteiger partial charge in [0.1, 0.15) is 5.69 Å². The van der Waals surface area contributed by atoms with Gasteiger partial charge >= 0.3 is 0 Å². The van der Waals surface area contributed by atoms with Crippen LogP contribution in [0.1, 0.15) is 17.3 Å². The van der Waals surface area contributed by atoms with Crippen LogP contribution in [0.4, 0.5) is 5.95 Å². The maximum Gasteiger partial charge on any atom is 0.273 e. The lowest BCUT2D eigenvalue weighted by Crippen LogP contribution is -2.34. The summed E-state index contributed by atoms with van der Waals surface area (Å²) in [4.78, 5) is 30.7. The van der Waals surface area contributed by atoms with Gasteiger partial charge in [-0.1, -0.05) is 54.1 Å². The van der Waals surface area contributed by atoms with Crippen LogP contribution in [0, 0.1) is 0 Å². The van der Waals surface area contributed by atoms with Crippen molar-refractivity contribution < 1.29 is 4.79 Å². The second kappa shape index (κ2) is 9.44. The molecule has 5 aromatic rings. The van der Waals surface area contributed by atoms with Gasteiger partial charge in [-0.15, -0.1) is 0 Å². The Morgan fingerprint density at radius 1 is 0.971 bits per heavy atom. The summed E-state index contributed by atoms with van der Waals surface area (Å²) in [7, 11) is 0. The molecule has 0 aliphatic carbocycles. The second-order valence-corrected chi connectivity index (χ2v) is 8.20. The number of hydrogen-bond acceptors (Lipinski definition) is 5. The second-order valence-electron chi connectivity index (χ2n) is 7.76. The minimum absolute atomic E-state index is 0.186. The largest absolute Gasteiger partial charge is 0.277 e. The zero-order chi connectivity index (χ0) is 24.4. The first-order valence-electron chi connectivity index (χ1n) is 11.0. The van der Waals surface area contributed by atoms with Crippen LogP contribution in [0.3, 0.4) is 0 Å². The van der Waals surface area contributed by atoms with Crippen LogP contribution in [-0.2, 0) is 6.54 Å². The lowest BCUT2D eigenvalue weighted by Gasteiger charge is -2.14. The number of halogens is 1. The van der Waals surface area contributed by atoms with Crippen LogP contribution >= 0.6 is 11.6 Å². The number of amides is 1. The summed E-state index contributed by atoms with van der Waals surface area (Å²) < 4.78 is 3.12. The molecular weight excluding hydrogens is 464 g/mol. The molecule has 1 amide bonds. The van der Waals surface area contributed by atoms with Crippen molar-refractivity contribution in [2.75, 3.05) is 5.43 Å². The zero-order valence-electron chi connectivity index (χ0n) is 18.8. The smallest absolute Gasteiger partial charge is 0.273 e. The molecule has 2 N–H and O–H groups in total. The van der Waals surface area contributed by atoms with Crippen molar-refractivity contribution in [2.45, 2.75) is 13.5 Å². The molecule has 2 aromatic heterocycles. The van der Waals surface area contributed by atoms with Crippen LogP contribution in [-0.4, -0.2) is 25.2 Å². The third kappa shape index (κ3) is 4.39. The SMILES string of the molecule is CCn1c(NNC(=O)c2cn(-c3ccccc3)nc2-c2ccc(Cl)cc2)nc2ccccc2c1=O. The summed E-state index contributed by atoms with van der Waals surface area (Å²) in [6.45, 7) is 2.23. The molecule has 35 heavy (non-hydrogen) atoms. The number of aromatic nitrogens is 4. The molecule has 0 saturated carbocycles. The van der Waals surface area contributed by atoms with Crippen molar-refractivity contribution in [1.29, 1.82) is 0 Å². The van der Waals surface area contributed by atoms with Gasteiger partial charge in [-0.25, -0.2) is 9.67 Å². The molecule has 3 aromatic carbocycles. The molecule has 0 bridgehead atoms. The maximum absolute atomic E-state index is 13.3. The van der Waals surface area contributed by atoms with Crippen LogP contribution in [0.15, 0.2) is 89.9 Å². The quantitative estimate of drug-likeness (QED) is 0.341. The van der Waals surface area contributed by atoms with Gasteiger partial charge in [-0.3, -0.25) is 25.0 Å². The van der Waals surface area contributed by atoms with Gasteiger partial charge in [0.25, 0.3) is 11.5 Å². The first-order valence-corrected chi connectivity index (χ1v) is 11.4. The summed E-state index contributed by atoms with van der Waals surface area (Å²) >= 11 is 6.05. The highest BCUT2D eigenvalue weighted by Gasteiger charge is 2.19. The molecular formula is C26H21ClN6O2. The van der Waals surface area contributed by atoms with Crippen molar-refractivity contribution in [3.8, 4) is 16.9 Å². The minimum Gasteiger partial charge on any atom is -0.277 e. The number of para-hydroxylation sites is 2. The summed E-state index contributed by atoms with van der Waals surface area (Å²) in [5, 5.41) is 5.76. The Kier molecular flexibility index (Phi) is 6.03. The van der Waals surface area contributed by atoms with Gasteiger partial charge in [0, 0.05) is 23.3 Å². The Hall–Kier alpha value is -4.43.